The van der Waals surface area contributed by atoms with Crippen LogP contribution in [0.5, 0.6) is 0 Å². The van der Waals surface area contributed by atoms with Crippen LogP contribution < -0.4 is 0 Å². The van der Waals surface area contributed by atoms with Crippen LogP contribution in [-0.4, -0.2) is 46.6 Å². The van der Waals surface area contributed by atoms with E-state index in [9.17, 15) is 4.79 Å². The Morgan fingerprint density at radius 2 is 2.30 bits per heavy atom. The molecule has 1 saturated heterocycles. The van der Waals surface area contributed by atoms with Crippen molar-refractivity contribution < 1.29 is 9.90 Å². The highest BCUT2D eigenvalue weighted by Crippen LogP contribution is 2.19. The maximum Gasteiger partial charge on any atom is 0.254 e. The molecule has 106 valence electrons. The molecule has 1 unspecified atom stereocenters. The lowest BCUT2D eigenvalue weighted by atomic mass is 10.0. The predicted molar refractivity (Wildman–Crippen MR) is 83.0 cm³/mol. The van der Waals surface area contributed by atoms with E-state index >= 15 is 0 Å². The summed E-state index contributed by atoms with van der Waals surface area (Å²) >= 11 is 1.89. The van der Waals surface area contributed by atoms with Gasteiger partial charge in [0.1, 0.15) is 6.61 Å². The Bertz CT molecular complexity index is 559. The van der Waals surface area contributed by atoms with Crippen LogP contribution in [0.25, 0.3) is 0 Å². The van der Waals surface area contributed by atoms with Gasteiger partial charge >= 0.3 is 0 Å². The van der Waals surface area contributed by atoms with Crippen molar-refractivity contribution in [1.29, 1.82) is 0 Å². The number of aliphatic hydroxyl groups excluding tert-OH is 1. The van der Waals surface area contributed by atoms with Crippen LogP contribution in [0.1, 0.15) is 28.4 Å². The Morgan fingerprint density at radius 1 is 1.50 bits per heavy atom. The van der Waals surface area contributed by atoms with E-state index in [0.717, 1.165) is 29.2 Å². The molecule has 1 aliphatic rings. The second-order valence-electron chi connectivity index (χ2n) is 4.97. The molecule has 1 heterocycles. The fraction of sp³-hybridized carbons (Fsp3) is 0.438. The Labute approximate surface area is 124 Å². The summed E-state index contributed by atoms with van der Waals surface area (Å²) < 4.78 is 0. The average Bonchev–Trinajstić information content (AvgIpc) is 2.44. The topological polar surface area (TPSA) is 40.5 Å². The van der Waals surface area contributed by atoms with Gasteiger partial charge in [-0.3, -0.25) is 4.79 Å². The molecule has 1 amide bonds. The highest BCUT2D eigenvalue weighted by Gasteiger charge is 2.24. The van der Waals surface area contributed by atoms with Crippen molar-refractivity contribution in [3.8, 4) is 11.8 Å². The van der Waals surface area contributed by atoms with E-state index in [1.165, 1.54) is 0 Å². The minimum absolute atomic E-state index is 0.0774. The summed E-state index contributed by atoms with van der Waals surface area (Å²) in [6.07, 6.45) is 0. The molecule has 4 heteroatoms. The number of benzene rings is 1. The van der Waals surface area contributed by atoms with Crippen LogP contribution in [0, 0.1) is 18.8 Å². The number of aliphatic hydroxyl groups is 1. The molecule has 1 N–H and O–H groups in total. The van der Waals surface area contributed by atoms with Crippen molar-refractivity contribution in [3.05, 3.63) is 34.9 Å². The van der Waals surface area contributed by atoms with E-state index in [1.54, 1.807) is 0 Å². The molecular formula is C16H19NO2S. The number of hydrogen-bond acceptors (Lipinski definition) is 3. The third-order valence-electron chi connectivity index (χ3n) is 3.26. The SMILES string of the molecule is Cc1cc(C#CCO)cc(C(=O)N2CCSCC2C)c1. The zero-order valence-electron chi connectivity index (χ0n) is 11.8. The Balaban J connectivity index is 2.27. The number of carbonyl (C=O) groups is 1. The first kappa shape index (κ1) is 15.0. The lowest BCUT2D eigenvalue weighted by Gasteiger charge is -2.33. The summed E-state index contributed by atoms with van der Waals surface area (Å²) in [5, 5.41) is 8.76. The maximum atomic E-state index is 12.6. The van der Waals surface area contributed by atoms with E-state index < -0.39 is 0 Å². The number of hydrogen-bond donors (Lipinski definition) is 1. The first-order valence-corrected chi connectivity index (χ1v) is 7.87. The molecule has 0 spiro atoms. The third-order valence-corrected chi connectivity index (χ3v) is 4.45. The molecule has 0 aliphatic carbocycles. The van der Waals surface area contributed by atoms with Crippen LogP contribution in [0.15, 0.2) is 18.2 Å². The van der Waals surface area contributed by atoms with Gasteiger partial charge in [-0.05, 0) is 37.6 Å². The fourth-order valence-electron chi connectivity index (χ4n) is 2.32. The van der Waals surface area contributed by atoms with Gasteiger partial charge in [0.2, 0.25) is 0 Å². The Hall–Kier alpha value is -1.44. The summed E-state index contributed by atoms with van der Waals surface area (Å²) in [7, 11) is 0. The molecule has 1 aromatic rings. The van der Waals surface area contributed by atoms with Gasteiger partial charge in [-0.15, -0.1) is 0 Å². The highest BCUT2D eigenvalue weighted by atomic mass is 32.2. The minimum Gasteiger partial charge on any atom is -0.384 e. The van der Waals surface area contributed by atoms with Gasteiger partial charge in [0.25, 0.3) is 5.91 Å². The quantitative estimate of drug-likeness (QED) is 0.803. The minimum atomic E-state index is -0.169. The largest absolute Gasteiger partial charge is 0.384 e. The van der Waals surface area contributed by atoms with E-state index in [0.29, 0.717) is 5.56 Å². The Morgan fingerprint density at radius 3 is 3.00 bits per heavy atom. The maximum absolute atomic E-state index is 12.6. The van der Waals surface area contributed by atoms with Crippen molar-refractivity contribution >= 4 is 17.7 Å². The fourth-order valence-corrected chi connectivity index (χ4v) is 3.33. The summed E-state index contributed by atoms with van der Waals surface area (Å²) in [6.45, 7) is 4.68. The molecule has 1 aliphatic heterocycles. The van der Waals surface area contributed by atoms with Crippen LogP contribution in [0.3, 0.4) is 0 Å². The van der Waals surface area contributed by atoms with E-state index in [4.69, 9.17) is 5.11 Å². The summed E-state index contributed by atoms with van der Waals surface area (Å²) in [4.78, 5) is 14.5. The average molecular weight is 289 g/mol. The predicted octanol–water partition coefficient (Wildman–Crippen LogP) is 1.92. The smallest absolute Gasteiger partial charge is 0.254 e. The van der Waals surface area contributed by atoms with Crippen molar-refractivity contribution in [2.75, 3.05) is 24.7 Å². The molecular weight excluding hydrogens is 270 g/mol. The molecule has 1 atom stereocenters. The van der Waals surface area contributed by atoms with Gasteiger partial charge in [0.05, 0.1) is 0 Å². The number of carbonyl (C=O) groups excluding carboxylic acids is 1. The molecule has 0 saturated carbocycles. The first-order valence-electron chi connectivity index (χ1n) is 6.72. The molecule has 0 aromatic heterocycles. The zero-order valence-corrected chi connectivity index (χ0v) is 12.7. The standard InChI is InChI=1S/C16H19NO2S/c1-12-8-14(4-3-6-18)10-15(9-12)16(19)17-5-7-20-11-13(17)2/h8-10,13,18H,5-7,11H2,1-2H3. The monoisotopic (exact) mass is 289 g/mol. The zero-order chi connectivity index (χ0) is 14.5. The van der Waals surface area contributed by atoms with Gasteiger partial charge in [-0.25, -0.2) is 0 Å². The number of rotatable bonds is 1. The van der Waals surface area contributed by atoms with E-state index in [1.807, 2.05) is 41.8 Å². The molecule has 0 bridgehead atoms. The first-order chi connectivity index (χ1) is 9.61. The lowest BCUT2D eigenvalue weighted by molar-refractivity contribution is 0.0716. The van der Waals surface area contributed by atoms with Crippen LogP contribution in [0.4, 0.5) is 0 Å². The second kappa shape index (κ2) is 6.83. The van der Waals surface area contributed by atoms with Crippen molar-refractivity contribution in [2.24, 2.45) is 0 Å². The highest BCUT2D eigenvalue weighted by molar-refractivity contribution is 7.99. The molecule has 1 aromatic carbocycles. The normalized spacial score (nSPS) is 18.4. The molecule has 1 fully saturated rings. The number of aryl methyl sites for hydroxylation is 1. The molecule has 3 nitrogen and oxygen atoms in total. The van der Waals surface area contributed by atoms with Gasteiger partial charge < -0.3 is 10.0 Å². The van der Waals surface area contributed by atoms with E-state index in [2.05, 4.69) is 18.8 Å². The lowest BCUT2D eigenvalue weighted by Crippen LogP contribution is -2.44. The van der Waals surface area contributed by atoms with Gasteiger partial charge in [-0.1, -0.05) is 11.8 Å². The van der Waals surface area contributed by atoms with Gasteiger partial charge in [0.15, 0.2) is 0 Å². The summed E-state index contributed by atoms with van der Waals surface area (Å²) in [5.74, 6) is 7.56. The summed E-state index contributed by atoms with van der Waals surface area (Å²) in [5.41, 5.74) is 2.48. The molecule has 20 heavy (non-hydrogen) atoms. The Kier molecular flexibility index (Phi) is 5.11. The van der Waals surface area contributed by atoms with Crippen LogP contribution in [-0.2, 0) is 0 Å². The molecule has 0 radical (unpaired) electrons. The van der Waals surface area contributed by atoms with E-state index in [-0.39, 0.29) is 18.6 Å². The third kappa shape index (κ3) is 3.56. The van der Waals surface area contributed by atoms with Crippen molar-refractivity contribution in [2.45, 2.75) is 19.9 Å². The summed E-state index contributed by atoms with van der Waals surface area (Å²) in [6, 6.07) is 5.91. The number of amides is 1. The van der Waals surface area contributed by atoms with Crippen molar-refractivity contribution in [1.82, 2.24) is 4.90 Å². The van der Waals surface area contributed by atoms with Crippen LogP contribution in [0.2, 0.25) is 0 Å². The number of nitrogens with zero attached hydrogens (tertiary/aromatic N) is 1. The second-order valence-corrected chi connectivity index (χ2v) is 6.12. The van der Waals surface area contributed by atoms with Gasteiger partial charge in [-0.2, -0.15) is 11.8 Å². The van der Waals surface area contributed by atoms with Gasteiger partial charge in [0, 0.05) is 35.2 Å². The van der Waals surface area contributed by atoms with Crippen LogP contribution >= 0.6 is 11.8 Å². The number of thioether (sulfide) groups is 1. The van der Waals surface area contributed by atoms with Crippen molar-refractivity contribution in [3.63, 3.8) is 0 Å². The molecule has 2 rings (SSSR count).